The lowest BCUT2D eigenvalue weighted by Gasteiger charge is -2.12. The van der Waals surface area contributed by atoms with Gasteiger partial charge in [-0.05, 0) is 43.5 Å². The lowest BCUT2D eigenvalue weighted by molar-refractivity contribution is -0.116. The zero-order valence-electron chi connectivity index (χ0n) is 10.9. The molecule has 1 aromatic carbocycles. The Morgan fingerprint density at radius 1 is 1.37 bits per heavy atom. The lowest BCUT2D eigenvalue weighted by Crippen LogP contribution is -2.16. The lowest BCUT2D eigenvalue weighted by atomic mass is 10.1. The molecule has 0 aliphatic rings. The van der Waals surface area contributed by atoms with Crippen LogP contribution in [-0.4, -0.2) is 20.2 Å². The molecule has 1 rings (SSSR count). The number of hydrogen-bond donors (Lipinski definition) is 2. The van der Waals surface area contributed by atoms with Crippen LogP contribution >= 0.6 is 11.6 Å². The minimum absolute atomic E-state index is 0.0109. The highest BCUT2D eigenvalue weighted by Crippen LogP contribution is 2.23. The van der Waals surface area contributed by atoms with Crippen molar-refractivity contribution in [3.05, 3.63) is 23.3 Å². The first-order valence-electron chi connectivity index (χ1n) is 5.75. The molecule has 0 aromatic heterocycles. The molecule has 3 N–H and O–H groups in total. The van der Waals surface area contributed by atoms with Crippen LogP contribution in [0.3, 0.4) is 0 Å². The smallest absolute Gasteiger partial charge is 0.238 e. The van der Waals surface area contributed by atoms with E-state index in [9.17, 15) is 13.2 Å². The Morgan fingerprint density at radius 2 is 2.00 bits per heavy atom. The molecule has 1 amide bonds. The van der Waals surface area contributed by atoms with Crippen LogP contribution in [0.1, 0.15) is 24.0 Å². The zero-order valence-corrected chi connectivity index (χ0v) is 12.4. The van der Waals surface area contributed by atoms with Gasteiger partial charge in [-0.3, -0.25) is 4.79 Å². The number of primary sulfonamides is 1. The van der Waals surface area contributed by atoms with Gasteiger partial charge in [0.05, 0.1) is 4.90 Å². The maximum absolute atomic E-state index is 11.6. The molecule has 0 spiro atoms. The third kappa shape index (κ3) is 4.49. The van der Waals surface area contributed by atoms with Crippen molar-refractivity contribution in [3.8, 4) is 0 Å². The van der Waals surface area contributed by atoms with Crippen molar-refractivity contribution in [1.29, 1.82) is 0 Å². The number of alkyl halides is 1. The number of carbonyl (C=O) groups is 1. The van der Waals surface area contributed by atoms with Crippen molar-refractivity contribution in [2.75, 3.05) is 11.2 Å². The Bertz CT molecular complexity index is 585. The summed E-state index contributed by atoms with van der Waals surface area (Å²) in [6.07, 6.45) is 0.863. The normalized spacial score (nSPS) is 11.4. The Labute approximate surface area is 118 Å². The number of benzene rings is 1. The summed E-state index contributed by atoms with van der Waals surface area (Å²) in [6.45, 7) is 3.57. The van der Waals surface area contributed by atoms with E-state index >= 15 is 0 Å². The topological polar surface area (TPSA) is 89.3 Å². The summed E-state index contributed by atoms with van der Waals surface area (Å²) in [6, 6.07) is 2.86. The average molecular weight is 305 g/mol. The molecular weight excluding hydrogens is 288 g/mol. The molecule has 0 bridgehead atoms. The molecule has 0 saturated heterocycles. The summed E-state index contributed by atoms with van der Waals surface area (Å²) in [5.41, 5.74) is 2.02. The number of nitrogens with one attached hydrogen (secondary N) is 1. The minimum Gasteiger partial charge on any atom is -0.326 e. The quantitative estimate of drug-likeness (QED) is 0.814. The number of amides is 1. The van der Waals surface area contributed by atoms with Crippen molar-refractivity contribution >= 4 is 33.2 Å². The van der Waals surface area contributed by atoms with E-state index in [1.807, 2.05) is 0 Å². The van der Waals surface area contributed by atoms with Crippen molar-refractivity contribution in [3.63, 3.8) is 0 Å². The maximum atomic E-state index is 11.6. The third-order valence-electron chi connectivity index (χ3n) is 2.78. The molecule has 0 fully saturated rings. The van der Waals surface area contributed by atoms with Gasteiger partial charge in [0.25, 0.3) is 0 Å². The number of hydrogen-bond acceptors (Lipinski definition) is 3. The van der Waals surface area contributed by atoms with Crippen LogP contribution in [0.25, 0.3) is 0 Å². The molecule has 5 nitrogen and oxygen atoms in total. The number of carbonyl (C=O) groups excluding carboxylic acids is 1. The largest absolute Gasteiger partial charge is 0.326 e. The number of aryl methyl sites for hydroxylation is 1. The van der Waals surface area contributed by atoms with Gasteiger partial charge >= 0.3 is 0 Å². The van der Waals surface area contributed by atoms with Crippen LogP contribution in [0.4, 0.5) is 5.69 Å². The highest BCUT2D eigenvalue weighted by Gasteiger charge is 2.14. The second kappa shape index (κ2) is 6.36. The fraction of sp³-hybridized carbons (Fsp3) is 0.417. The highest BCUT2D eigenvalue weighted by atomic mass is 35.5. The SMILES string of the molecule is Cc1cc(S(N)(=O)=O)cc(NC(=O)CCCCl)c1C. The molecule has 0 radical (unpaired) electrons. The highest BCUT2D eigenvalue weighted by molar-refractivity contribution is 7.89. The van der Waals surface area contributed by atoms with Gasteiger partial charge in [0.15, 0.2) is 0 Å². The van der Waals surface area contributed by atoms with E-state index in [0.29, 0.717) is 24.4 Å². The average Bonchev–Trinajstić information content (AvgIpc) is 2.30. The van der Waals surface area contributed by atoms with E-state index < -0.39 is 10.0 Å². The first-order valence-corrected chi connectivity index (χ1v) is 7.83. The number of anilines is 1. The number of halogens is 1. The summed E-state index contributed by atoms with van der Waals surface area (Å²) in [7, 11) is -3.79. The van der Waals surface area contributed by atoms with Crippen molar-refractivity contribution in [1.82, 2.24) is 0 Å². The predicted molar refractivity (Wildman–Crippen MR) is 75.9 cm³/mol. The zero-order chi connectivity index (χ0) is 14.6. The molecule has 1 aromatic rings. The molecule has 7 heteroatoms. The molecule has 0 heterocycles. The van der Waals surface area contributed by atoms with Gasteiger partial charge in [-0.15, -0.1) is 11.6 Å². The van der Waals surface area contributed by atoms with E-state index in [1.54, 1.807) is 13.8 Å². The Kier molecular flexibility index (Phi) is 5.34. The second-order valence-electron chi connectivity index (χ2n) is 4.30. The predicted octanol–water partition coefficient (Wildman–Crippen LogP) is 1.91. The summed E-state index contributed by atoms with van der Waals surface area (Å²) >= 11 is 5.51. The minimum atomic E-state index is -3.79. The van der Waals surface area contributed by atoms with E-state index in [4.69, 9.17) is 16.7 Å². The number of sulfonamides is 1. The van der Waals surface area contributed by atoms with E-state index in [-0.39, 0.29) is 10.8 Å². The van der Waals surface area contributed by atoms with Crippen LogP contribution in [0, 0.1) is 13.8 Å². The van der Waals surface area contributed by atoms with Crippen molar-refractivity contribution < 1.29 is 13.2 Å². The van der Waals surface area contributed by atoms with Gasteiger partial charge in [0.2, 0.25) is 15.9 Å². The van der Waals surface area contributed by atoms with E-state index in [1.165, 1.54) is 12.1 Å². The van der Waals surface area contributed by atoms with Gasteiger partial charge in [0.1, 0.15) is 0 Å². The molecule has 19 heavy (non-hydrogen) atoms. The van der Waals surface area contributed by atoms with Gasteiger partial charge in [0, 0.05) is 18.0 Å². The first kappa shape index (κ1) is 15.9. The third-order valence-corrected chi connectivity index (χ3v) is 3.94. The molecule has 0 aliphatic carbocycles. The summed E-state index contributed by atoms with van der Waals surface area (Å²) in [4.78, 5) is 11.6. The maximum Gasteiger partial charge on any atom is 0.238 e. The molecule has 0 atom stereocenters. The monoisotopic (exact) mass is 304 g/mol. The van der Waals surface area contributed by atoms with Crippen LogP contribution in [0.2, 0.25) is 0 Å². The Balaban J connectivity index is 3.07. The fourth-order valence-corrected chi connectivity index (χ4v) is 2.32. The van der Waals surface area contributed by atoms with Gasteiger partial charge in [-0.25, -0.2) is 13.6 Å². The molecule has 0 aliphatic heterocycles. The number of nitrogens with two attached hydrogens (primary N) is 1. The second-order valence-corrected chi connectivity index (χ2v) is 6.24. The Hall–Kier alpha value is -1.11. The fourth-order valence-electron chi connectivity index (χ4n) is 1.56. The molecule has 0 saturated carbocycles. The van der Waals surface area contributed by atoms with Crippen molar-refractivity contribution in [2.45, 2.75) is 31.6 Å². The number of rotatable bonds is 5. The van der Waals surface area contributed by atoms with Crippen molar-refractivity contribution in [2.24, 2.45) is 5.14 Å². The van der Waals surface area contributed by atoms with Gasteiger partial charge in [-0.1, -0.05) is 0 Å². The summed E-state index contributed by atoms with van der Waals surface area (Å²) in [5.74, 6) is 0.206. The summed E-state index contributed by atoms with van der Waals surface area (Å²) in [5, 5.41) is 7.78. The summed E-state index contributed by atoms with van der Waals surface area (Å²) < 4.78 is 22.7. The van der Waals surface area contributed by atoms with Crippen LogP contribution < -0.4 is 10.5 Å². The molecule has 0 unspecified atom stereocenters. The van der Waals surface area contributed by atoms with Gasteiger partial charge < -0.3 is 5.32 Å². The van der Waals surface area contributed by atoms with E-state index in [2.05, 4.69) is 5.32 Å². The van der Waals surface area contributed by atoms with Crippen LogP contribution in [0.5, 0.6) is 0 Å². The molecule has 106 valence electrons. The standard InChI is InChI=1S/C12H17ClN2O3S/c1-8-6-10(19(14,17)18)7-11(9(8)2)15-12(16)4-3-5-13/h6-7H,3-5H2,1-2H3,(H,15,16)(H2,14,17,18). The van der Waals surface area contributed by atoms with Gasteiger partial charge in [-0.2, -0.15) is 0 Å². The Morgan fingerprint density at radius 3 is 2.53 bits per heavy atom. The molecular formula is C12H17ClN2O3S. The van der Waals surface area contributed by atoms with E-state index in [0.717, 1.165) is 11.1 Å². The first-order chi connectivity index (χ1) is 8.75. The van der Waals surface area contributed by atoms with Crippen LogP contribution in [0.15, 0.2) is 17.0 Å². The van der Waals surface area contributed by atoms with Crippen LogP contribution in [-0.2, 0) is 14.8 Å².